The standard InChI is InChI=1S/C76H80N2O/c1-8-11-13-18-50-76(51-19-14-12-9-2)73-52-66(77-65-40-30-60(31-41-65)59-28-38-64(39-29-59)75(7,54-55(4)5)63-36-26-58(27-37-63)57-24-22-56(6)23-25-57)42-48-71(73)72-49-45-69(53-74(72)76)78(67-20-16-15-17-21-67)68-43-32-61(33-44-68)62-34-46-70(47-35-62)79-10-3/h10,15-17,20-49,52-53,55,77H,3,8-9,11-14,18-19,50-51,54H2,1-2,4-7H3. The summed E-state index contributed by atoms with van der Waals surface area (Å²) in [4.78, 5) is 2.44. The van der Waals surface area contributed by atoms with E-state index in [1.165, 1.54) is 125 Å². The second kappa shape index (κ2) is 24.8. The normalized spacial score (nSPS) is 13.1. The lowest BCUT2D eigenvalue weighted by Gasteiger charge is -2.34. The van der Waals surface area contributed by atoms with Crippen LogP contribution in [0.1, 0.15) is 133 Å². The van der Waals surface area contributed by atoms with Gasteiger partial charge in [0.05, 0.1) is 6.26 Å². The maximum atomic E-state index is 5.51. The van der Waals surface area contributed by atoms with Crippen molar-refractivity contribution < 1.29 is 4.74 Å². The van der Waals surface area contributed by atoms with Crippen molar-refractivity contribution in [3.8, 4) is 50.3 Å². The largest absolute Gasteiger partial charge is 0.466 e. The molecule has 1 unspecified atom stereocenters. The molecular formula is C76H80N2O. The minimum absolute atomic E-state index is 0.110. The molecule has 400 valence electrons. The molecule has 0 spiro atoms. The van der Waals surface area contributed by atoms with E-state index in [0.717, 1.165) is 58.9 Å². The van der Waals surface area contributed by atoms with Crippen molar-refractivity contribution in [2.45, 2.75) is 123 Å². The van der Waals surface area contributed by atoms with Crippen molar-refractivity contribution >= 4 is 28.4 Å². The minimum Gasteiger partial charge on any atom is -0.466 e. The summed E-state index contributed by atoms with van der Waals surface area (Å²) >= 11 is 0. The van der Waals surface area contributed by atoms with Crippen LogP contribution in [0, 0.1) is 12.8 Å². The summed E-state index contributed by atoms with van der Waals surface area (Å²) in [6, 6.07) is 79.1. The molecule has 1 aliphatic carbocycles. The summed E-state index contributed by atoms with van der Waals surface area (Å²) in [6.45, 7) is 17.6. The minimum atomic E-state index is -0.111. The number of fused-ring (bicyclic) bond motifs is 3. The first-order chi connectivity index (χ1) is 38.6. The molecule has 1 N–H and O–H groups in total. The highest BCUT2D eigenvalue weighted by atomic mass is 16.5. The van der Waals surface area contributed by atoms with Gasteiger partial charge in [-0.05, 0) is 172 Å². The van der Waals surface area contributed by atoms with Gasteiger partial charge in [-0.1, -0.05) is 238 Å². The number of unbranched alkanes of at least 4 members (excludes halogenated alkanes) is 6. The molecular weight excluding hydrogens is 957 g/mol. The Morgan fingerprint density at radius 3 is 1.46 bits per heavy atom. The third-order valence-electron chi connectivity index (χ3n) is 16.8. The maximum absolute atomic E-state index is 5.51. The molecule has 3 nitrogen and oxygen atoms in total. The maximum Gasteiger partial charge on any atom is 0.126 e. The van der Waals surface area contributed by atoms with Crippen LogP contribution in [0.2, 0.25) is 0 Å². The summed E-state index contributed by atoms with van der Waals surface area (Å²) in [5.41, 5.74) is 22.4. The van der Waals surface area contributed by atoms with Crippen LogP contribution in [0.15, 0.2) is 225 Å². The van der Waals surface area contributed by atoms with Gasteiger partial charge in [-0.15, -0.1) is 0 Å². The van der Waals surface area contributed by atoms with Crippen molar-refractivity contribution in [1.29, 1.82) is 0 Å². The molecule has 0 fully saturated rings. The van der Waals surface area contributed by atoms with Gasteiger partial charge in [0.2, 0.25) is 0 Å². The van der Waals surface area contributed by atoms with Gasteiger partial charge in [0, 0.05) is 39.3 Å². The molecule has 0 amide bonds. The number of benzene rings is 9. The number of aryl methyl sites for hydroxylation is 1. The van der Waals surface area contributed by atoms with E-state index in [-0.39, 0.29) is 10.8 Å². The zero-order valence-electron chi connectivity index (χ0n) is 47.7. The monoisotopic (exact) mass is 1040 g/mol. The van der Waals surface area contributed by atoms with Gasteiger partial charge in [0.25, 0.3) is 0 Å². The Bertz CT molecular complexity index is 3400. The summed E-state index contributed by atoms with van der Waals surface area (Å²) in [5.74, 6) is 1.33. The number of anilines is 5. The summed E-state index contributed by atoms with van der Waals surface area (Å²) in [6.07, 6.45) is 14.7. The lowest BCUT2D eigenvalue weighted by Crippen LogP contribution is -2.26. The molecule has 1 aliphatic rings. The van der Waals surface area contributed by atoms with Crippen LogP contribution >= 0.6 is 0 Å². The molecule has 0 bridgehead atoms. The van der Waals surface area contributed by atoms with Crippen LogP contribution in [-0.2, 0) is 10.8 Å². The van der Waals surface area contributed by atoms with Gasteiger partial charge in [-0.25, -0.2) is 0 Å². The van der Waals surface area contributed by atoms with E-state index < -0.39 is 0 Å². The topological polar surface area (TPSA) is 24.5 Å². The lowest BCUT2D eigenvalue weighted by molar-refractivity contribution is 0.401. The SMILES string of the molecule is C=COc1ccc(-c2ccc(N(c3ccccc3)c3ccc4c(c3)C(CCCCCC)(CCCCCC)c3cc(Nc5ccc(-c6ccc(C(C)(CC(C)C)c7ccc(-c8ccc(C)cc8)cc7)cc6)cc5)ccc3-4)cc2)cc1. The number of ether oxygens (including phenoxy) is 1. The van der Waals surface area contributed by atoms with Crippen LogP contribution < -0.4 is 15.0 Å². The predicted molar refractivity (Wildman–Crippen MR) is 339 cm³/mol. The second-order valence-corrected chi connectivity index (χ2v) is 22.9. The Labute approximate surface area is 473 Å². The smallest absolute Gasteiger partial charge is 0.126 e. The third kappa shape index (κ3) is 12.1. The molecule has 9 aromatic carbocycles. The van der Waals surface area contributed by atoms with Gasteiger partial charge < -0.3 is 15.0 Å². The average molecular weight is 1040 g/mol. The highest BCUT2D eigenvalue weighted by molar-refractivity contribution is 5.88. The number of hydrogen-bond acceptors (Lipinski definition) is 3. The van der Waals surface area contributed by atoms with Crippen molar-refractivity contribution in [3.63, 3.8) is 0 Å². The van der Waals surface area contributed by atoms with Crippen molar-refractivity contribution in [3.05, 3.63) is 253 Å². The highest BCUT2D eigenvalue weighted by Gasteiger charge is 2.43. The Morgan fingerprint density at radius 2 is 0.937 bits per heavy atom. The molecule has 0 saturated heterocycles. The van der Waals surface area contributed by atoms with Crippen LogP contribution in [0.3, 0.4) is 0 Å². The van der Waals surface area contributed by atoms with Gasteiger partial charge in [-0.3, -0.25) is 0 Å². The highest BCUT2D eigenvalue weighted by Crippen LogP contribution is 2.56. The van der Waals surface area contributed by atoms with Gasteiger partial charge in [-0.2, -0.15) is 0 Å². The molecule has 0 heterocycles. The molecule has 10 rings (SSSR count). The fourth-order valence-corrected chi connectivity index (χ4v) is 12.7. The van der Waals surface area contributed by atoms with E-state index in [0.29, 0.717) is 5.92 Å². The van der Waals surface area contributed by atoms with E-state index in [2.05, 4.69) is 259 Å². The summed E-state index contributed by atoms with van der Waals surface area (Å²) in [5, 5.41) is 3.89. The number of para-hydroxylation sites is 1. The van der Waals surface area contributed by atoms with E-state index >= 15 is 0 Å². The first-order valence-electron chi connectivity index (χ1n) is 29.4. The molecule has 0 aliphatic heterocycles. The van der Waals surface area contributed by atoms with E-state index in [1.54, 1.807) is 0 Å². The summed E-state index contributed by atoms with van der Waals surface area (Å²) in [7, 11) is 0. The molecule has 3 heteroatoms. The molecule has 9 aromatic rings. The van der Waals surface area contributed by atoms with Crippen LogP contribution in [-0.4, -0.2) is 0 Å². The van der Waals surface area contributed by atoms with Crippen molar-refractivity contribution in [2.75, 3.05) is 10.2 Å². The zero-order valence-corrected chi connectivity index (χ0v) is 47.7. The Morgan fingerprint density at radius 1 is 0.494 bits per heavy atom. The summed E-state index contributed by atoms with van der Waals surface area (Å²) < 4.78 is 5.51. The number of rotatable bonds is 24. The van der Waals surface area contributed by atoms with E-state index in [1.807, 2.05) is 12.1 Å². The molecule has 79 heavy (non-hydrogen) atoms. The number of nitrogens with one attached hydrogen (secondary N) is 1. The van der Waals surface area contributed by atoms with Crippen LogP contribution in [0.5, 0.6) is 5.75 Å². The van der Waals surface area contributed by atoms with Crippen LogP contribution in [0.25, 0.3) is 44.5 Å². The Balaban J connectivity index is 0.939. The van der Waals surface area contributed by atoms with Crippen molar-refractivity contribution in [1.82, 2.24) is 0 Å². The third-order valence-corrected chi connectivity index (χ3v) is 16.8. The van der Waals surface area contributed by atoms with E-state index in [9.17, 15) is 0 Å². The van der Waals surface area contributed by atoms with Gasteiger partial charge >= 0.3 is 0 Å². The van der Waals surface area contributed by atoms with E-state index in [4.69, 9.17) is 4.74 Å². The van der Waals surface area contributed by atoms with Crippen molar-refractivity contribution in [2.24, 2.45) is 5.92 Å². The van der Waals surface area contributed by atoms with Gasteiger partial charge in [0.15, 0.2) is 0 Å². The number of hydrogen-bond donors (Lipinski definition) is 1. The quantitative estimate of drug-likeness (QED) is 0.0482. The first kappa shape index (κ1) is 54.5. The fourth-order valence-electron chi connectivity index (χ4n) is 12.7. The second-order valence-electron chi connectivity index (χ2n) is 22.9. The Kier molecular flexibility index (Phi) is 17.1. The van der Waals surface area contributed by atoms with Crippen LogP contribution in [0.4, 0.5) is 28.4 Å². The zero-order chi connectivity index (χ0) is 54.8. The fraction of sp³-hybridized carbons (Fsp3) is 0.263. The Hall–Kier alpha value is -7.88. The van der Waals surface area contributed by atoms with Gasteiger partial charge in [0.1, 0.15) is 5.75 Å². The number of nitrogens with zero attached hydrogens (tertiary/aromatic N) is 1. The molecule has 0 radical (unpaired) electrons. The molecule has 1 atom stereocenters. The lowest BCUT2D eigenvalue weighted by atomic mass is 9.70. The molecule has 0 aromatic heterocycles. The predicted octanol–water partition coefficient (Wildman–Crippen LogP) is 22.3. The molecule has 0 saturated carbocycles. The first-order valence-corrected chi connectivity index (χ1v) is 29.4. The average Bonchev–Trinajstić information content (AvgIpc) is 4.03.